The number of carboxylic acids is 1. The van der Waals surface area contributed by atoms with Crippen molar-refractivity contribution in [3.05, 3.63) is 75.3 Å². The zero-order valence-corrected chi connectivity index (χ0v) is 26.3. The smallest absolute Gasteiger partial charge is 0.307 e. The Morgan fingerprint density at radius 1 is 1.05 bits per heavy atom. The third kappa shape index (κ3) is 8.13. The average molecular weight is 576 g/mol. The van der Waals surface area contributed by atoms with Crippen molar-refractivity contribution in [2.75, 3.05) is 32.2 Å². The molecule has 0 radical (unpaired) electrons. The number of anilines is 1. The first-order valence-electron chi connectivity index (χ1n) is 14.4. The number of hydrogen-bond donors (Lipinski definition) is 2. The van der Waals surface area contributed by atoms with Crippen LogP contribution in [-0.4, -0.2) is 55.4 Å². The summed E-state index contributed by atoms with van der Waals surface area (Å²) in [5.74, 6) is 1.02. The Labute approximate surface area is 250 Å². The minimum absolute atomic E-state index is 0.0607. The predicted molar refractivity (Wildman–Crippen MR) is 169 cm³/mol. The second-order valence-electron chi connectivity index (χ2n) is 12.0. The number of benzene rings is 3. The number of aliphatic carboxylic acids is 1. The van der Waals surface area contributed by atoms with Crippen molar-refractivity contribution in [1.29, 1.82) is 0 Å². The highest BCUT2D eigenvalue weighted by Crippen LogP contribution is 2.43. The molecule has 3 aromatic rings. The van der Waals surface area contributed by atoms with E-state index in [9.17, 15) is 14.7 Å². The quantitative estimate of drug-likeness (QED) is 0.335. The Kier molecular flexibility index (Phi) is 10.8. The van der Waals surface area contributed by atoms with E-state index in [1.165, 1.54) is 27.9 Å². The normalized spacial score (nSPS) is 13.4. The Bertz CT molecular complexity index is 1430. The maximum atomic E-state index is 11.6. The number of fused-ring (bicyclic) bond motifs is 2. The number of carbonyl (C=O) groups excluding carboxylic acids is 1. The summed E-state index contributed by atoms with van der Waals surface area (Å²) in [6.45, 7) is 13.1. The molecule has 0 aromatic heterocycles. The van der Waals surface area contributed by atoms with Gasteiger partial charge in [0.15, 0.2) is 0 Å². The molecule has 2 N–H and O–H groups in total. The molecule has 226 valence electrons. The summed E-state index contributed by atoms with van der Waals surface area (Å²) in [4.78, 5) is 24.1. The first-order chi connectivity index (χ1) is 19.7. The van der Waals surface area contributed by atoms with Crippen LogP contribution >= 0.6 is 0 Å². The number of methoxy groups -OCH3 is 1. The first-order valence-corrected chi connectivity index (χ1v) is 14.4. The van der Waals surface area contributed by atoms with E-state index in [0.717, 1.165) is 72.5 Å². The van der Waals surface area contributed by atoms with E-state index in [1.807, 2.05) is 13.8 Å². The second kappa shape index (κ2) is 13.9. The highest BCUT2D eigenvalue weighted by Gasteiger charge is 2.27. The Morgan fingerprint density at radius 2 is 1.74 bits per heavy atom. The van der Waals surface area contributed by atoms with Crippen LogP contribution in [-0.2, 0) is 24.1 Å². The fourth-order valence-electron chi connectivity index (χ4n) is 5.44. The van der Waals surface area contributed by atoms with E-state index in [2.05, 4.69) is 37.1 Å². The van der Waals surface area contributed by atoms with Gasteiger partial charge in [-0.3, -0.25) is 9.59 Å². The van der Waals surface area contributed by atoms with Crippen molar-refractivity contribution in [3.63, 3.8) is 0 Å². The van der Waals surface area contributed by atoms with E-state index in [1.54, 1.807) is 46.1 Å². The number of carbonyl (C=O) groups is 2. The molecular formula is C35H45NO6. The van der Waals surface area contributed by atoms with Gasteiger partial charge in [-0.25, -0.2) is 0 Å². The van der Waals surface area contributed by atoms with E-state index in [-0.39, 0.29) is 6.42 Å². The summed E-state index contributed by atoms with van der Waals surface area (Å²) in [6.07, 6.45) is 3.91. The van der Waals surface area contributed by atoms with Crippen molar-refractivity contribution >= 4 is 17.9 Å². The number of aliphatic hydroxyl groups is 1. The Hall–Kier alpha value is -3.84. The largest absolute Gasteiger partial charge is 0.496 e. The number of rotatable bonds is 5. The Balaban J connectivity index is 0.000000250. The molecule has 0 spiro atoms. The third-order valence-corrected chi connectivity index (χ3v) is 7.39. The molecule has 0 fully saturated rings. The summed E-state index contributed by atoms with van der Waals surface area (Å²) in [7, 11) is 3.72. The minimum atomic E-state index is -0.778. The molecule has 0 saturated carbocycles. The van der Waals surface area contributed by atoms with Gasteiger partial charge in [0.2, 0.25) is 0 Å². The molecule has 0 amide bonds. The molecule has 3 aromatic carbocycles. The minimum Gasteiger partial charge on any atom is -0.496 e. The van der Waals surface area contributed by atoms with E-state index in [0.29, 0.717) is 5.56 Å². The SMILES string of the molecule is CC(C)(C)O.COc1ccc(C=O)cc1C.Cc1cc2c(c(-c3ccc4c(c3C)CCCO4)c1CC(=O)O)CCN2C. The van der Waals surface area contributed by atoms with Crippen molar-refractivity contribution in [3.8, 4) is 22.6 Å². The van der Waals surface area contributed by atoms with Crippen molar-refractivity contribution < 1.29 is 29.3 Å². The van der Waals surface area contributed by atoms with Gasteiger partial charge in [0, 0.05) is 24.8 Å². The molecule has 7 heteroatoms. The molecule has 7 nitrogen and oxygen atoms in total. The monoisotopic (exact) mass is 575 g/mol. The van der Waals surface area contributed by atoms with Crippen LogP contribution in [0.25, 0.3) is 11.1 Å². The highest BCUT2D eigenvalue weighted by atomic mass is 16.5. The van der Waals surface area contributed by atoms with E-state index >= 15 is 0 Å². The van der Waals surface area contributed by atoms with Crippen molar-refractivity contribution in [2.24, 2.45) is 0 Å². The lowest BCUT2D eigenvalue weighted by Gasteiger charge is -2.24. The van der Waals surface area contributed by atoms with Crippen LogP contribution in [0.1, 0.15) is 70.9 Å². The van der Waals surface area contributed by atoms with Crippen LogP contribution in [0.4, 0.5) is 5.69 Å². The fraction of sp³-hybridized carbons (Fsp3) is 0.429. The predicted octanol–water partition coefficient (Wildman–Crippen LogP) is 6.51. The zero-order chi connectivity index (χ0) is 31.2. The molecule has 2 heterocycles. The Morgan fingerprint density at radius 3 is 2.33 bits per heavy atom. The molecule has 0 unspecified atom stereocenters. The van der Waals surface area contributed by atoms with Crippen LogP contribution in [0.15, 0.2) is 36.4 Å². The van der Waals surface area contributed by atoms with Crippen LogP contribution in [0.2, 0.25) is 0 Å². The van der Waals surface area contributed by atoms with E-state index in [4.69, 9.17) is 14.6 Å². The number of aldehydes is 1. The second-order valence-corrected chi connectivity index (χ2v) is 12.0. The summed E-state index contributed by atoms with van der Waals surface area (Å²) in [5.41, 5.74) is 10.5. The van der Waals surface area contributed by atoms with Gasteiger partial charge in [-0.15, -0.1) is 0 Å². The number of nitrogens with zero attached hydrogens (tertiary/aromatic N) is 1. The first kappa shape index (κ1) is 32.7. The lowest BCUT2D eigenvalue weighted by atomic mass is 9.84. The maximum Gasteiger partial charge on any atom is 0.307 e. The number of likely N-dealkylation sites (N-methyl/N-ethyl adjacent to an activating group) is 1. The third-order valence-electron chi connectivity index (χ3n) is 7.39. The van der Waals surface area contributed by atoms with Crippen LogP contribution in [0.5, 0.6) is 11.5 Å². The topological polar surface area (TPSA) is 96.3 Å². The van der Waals surface area contributed by atoms with Crippen LogP contribution in [0, 0.1) is 20.8 Å². The molecule has 5 rings (SSSR count). The van der Waals surface area contributed by atoms with Gasteiger partial charge in [-0.1, -0.05) is 6.07 Å². The van der Waals surface area contributed by atoms with Crippen LogP contribution < -0.4 is 14.4 Å². The summed E-state index contributed by atoms with van der Waals surface area (Å²) >= 11 is 0. The molecule has 0 bridgehead atoms. The molecule has 2 aliphatic rings. The van der Waals surface area contributed by atoms with Gasteiger partial charge in [0.25, 0.3) is 0 Å². The molecule has 2 aliphatic heterocycles. The zero-order valence-electron chi connectivity index (χ0n) is 26.3. The summed E-state index contributed by atoms with van der Waals surface area (Å²) in [6, 6.07) is 11.7. The lowest BCUT2D eigenvalue weighted by Crippen LogP contribution is -2.13. The van der Waals surface area contributed by atoms with Gasteiger partial charge in [-0.2, -0.15) is 0 Å². The molecule has 42 heavy (non-hydrogen) atoms. The van der Waals surface area contributed by atoms with E-state index < -0.39 is 11.6 Å². The lowest BCUT2D eigenvalue weighted by molar-refractivity contribution is -0.136. The van der Waals surface area contributed by atoms with Gasteiger partial charge in [0.05, 0.1) is 25.7 Å². The van der Waals surface area contributed by atoms with Gasteiger partial charge in [0.1, 0.15) is 17.8 Å². The van der Waals surface area contributed by atoms with Gasteiger partial charge >= 0.3 is 5.97 Å². The summed E-state index contributed by atoms with van der Waals surface area (Å²) < 4.78 is 10.8. The number of hydrogen-bond acceptors (Lipinski definition) is 6. The average Bonchev–Trinajstić information content (AvgIpc) is 3.28. The number of ether oxygens (including phenoxy) is 2. The molecular weight excluding hydrogens is 530 g/mol. The van der Waals surface area contributed by atoms with Crippen molar-refractivity contribution in [1.82, 2.24) is 0 Å². The van der Waals surface area contributed by atoms with Crippen LogP contribution in [0.3, 0.4) is 0 Å². The maximum absolute atomic E-state index is 11.6. The standard InChI is InChI=1S/C22H25NO3.C9H10O2.C4H10O/c1-13-11-19-17(8-9-23(19)3)22(18(13)12-21(24)25)16-6-7-20-15(14(16)2)5-4-10-26-20;1-7-5-8(6-10)3-4-9(7)11-2;1-4(2,3)5/h6-7,11H,4-5,8-10,12H2,1-3H3,(H,24,25);3-6H,1-2H3;5H,1-3H3. The molecule has 0 aliphatic carbocycles. The number of aryl methyl sites for hydroxylation is 2. The van der Waals surface area contributed by atoms with Gasteiger partial charge in [-0.05, 0) is 136 Å². The van der Waals surface area contributed by atoms with Crippen molar-refractivity contribution in [2.45, 2.75) is 72.8 Å². The number of carboxylic acid groups (broad SMARTS) is 1. The molecule has 0 saturated heterocycles. The highest BCUT2D eigenvalue weighted by molar-refractivity contribution is 5.86. The summed E-state index contributed by atoms with van der Waals surface area (Å²) in [5, 5.41) is 18.0. The fourth-order valence-corrected chi connectivity index (χ4v) is 5.44. The molecule has 0 atom stereocenters. The van der Waals surface area contributed by atoms with Gasteiger partial charge < -0.3 is 24.6 Å².